The number of hydrogen-bond acceptors (Lipinski definition) is 2. The fourth-order valence-electron chi connectivity index (χ4n) is 1.40. The number of carbonyl (C=O) groups is 1. The Morgan fingerprint density at radius 1 is 1.47 bits per heavy atom. The molecule has 2 rings (SSSR count). The molecular formula is C11H9ClFN3O. The van der Waals surface area contributed by atoms with Crippen LogP contribution in [0.3, 0.4) is 0 Å². The number of amides is 1. The van der Waals surface area contributed by atoms with Crippen molar-refractivity contribution in [2.45, 2.75) is 6.92 Å². The van der Waals surface area contributed by atoms with Crippen molar-refractivity contribution in [3.05, 3.63) is 46.5 Å². The summed E-state index contributed by atoms with van der Waals surface area (Å²) < 4.78 is 13.0. The Morgan fingerprint density at radius 3 is 2.82 bits per heavy atom. The summed E-state index contributed by atoms with van der Waals surface area (Å²) in [6, 6.07) is 3.83. The molecule has 0 saturated carbocycles. The normalized spacial score (nSPS) is 10.3. The number of carbonyl (C=O) groups excluding carboxylic acids is 1. The van der Waals surface area contributed by atoms with E-state index < -0.39 is 5.82 Å². The summed E-state index contributed by atoms with van der Waals surface area (Å²) >= 11 is 5.68. The van der Waals surface area contributed by atoms with Crippen molar-refractivity contribution in [3.63, 3.8) is 0 Å². The molecule has 0 spiro atoms. The van der Waals surface area contributed by atoms with Crippen molar-refractivity contribution in [3.8, 4) is 0 Å². The highest BCUT2D eigenvalue weighted by atomic mass is 35.5. The van der Waals surface area contributed by atoms with Gasteiger partial charge in [-0.3, -0.25) is 9.89 Å². The van der Waals surface area contributed by atoms with Crippen LogP contribution in [0.4, 0.5) is 10.1 Å². The Balaban J connectivity index is 2.21. The summed E-state index contributed by atoms with van der Waals surface area (Å²) in [4.78, 5) is 11.8. The maximum atomic E-state index is 13.0. The summed E-state index contributed by atoms with van der Waals surface area (Å²) in [6.07, 6.45) is 1.41. The van der Waals surface area contributed by atoms with Gasteiger partial charge in [0.25, 0.3) is 5.91 Å². The van der Waals surface area contributed by atoms with Gasteiger partial charge in [0.2, 0.25) is 0 Å². The van der Waals surface area contributed by atoms with Crippen LogP contribution >= 0.6 is 11.6 Å². The molecule has 0 radical (unpaired) electrons. The standard InChI is InChI=1S/C11H9ClFN3O/c1-6-10(5-14-16-6)11(17)15-9-3-7(12)2-8(13)4-9/h2-5H,1H3,(H,14,16)(H,15,17). The molecule has 1 aromatic heterocycles. The maximum absolute atomic E-state index is 13.0. The van der Waals surface area contributed by atoms with Crippen LogP contribution in [-0.2, 0) is 0 Å². The lowest BCUT2D eigenvalue weighted by molar-refractivity contribution is 0.102. The number of benzene rings is 1. The summed E-state index contributed by atoms with van der Waals surface area (Å²) in [5, 5.41) is 9.15. The van der Waals surface area contributed by atoms with Gasteiger partial charge in [-0.1, -0.05) is 11.6 Å². The first-order chi connectivity index (χ1) is 8.06. The first-order valence-electron chi connectivity index (χ1n) is 4.83. The smallest absolute Gasteiger partial charge is 0.259 e. The number of H-pyrrole nitrogens is 1. The molecule has 1 amide bonds. The molecule has 0 atom stereocenters. The highest BCUT2D eigenvalue weighted by Crippen LogP contribution is 2.19. The Morgan fingerprint density at radius 2 is 2.24 bits per heavy atom. The van der Waals surface area contributed by atoms with Crippen molar-refractivity contribution in [2.24, 2.45) is 0 Å². The molecule has 0 aliphatic heterocycles. The minimum atomic E-state index is -0.503. The van der Waals surface area contributed by atoms with Crippen LogP contribution in [0.5, 0.6) is 0 Å². The van der Waals surface area contributed by atoms with Gasteiger partial charge in [-0.2, -0.15) is 5.10 Å². The third-order valence-corrected chi connectivity index (χ3v) is 2.41. The molecule has 0 aliphatic carbocycles. The molecule has 1 aromatic carbocycles. The van der Waals surface area contributed by atoms with E-state index in [9.17, 15) is 9.18 Å². The van der Waals surface area contributed by atoms with Crippen molar-refractivity contribution in [1.82, 2.24) is 10.2 Å². The van der Waals surface area contributed by atoms with E-state index in [1.165, 1.54) is 24.4 Å². The number of aryl methyl sites for hydroxylation is 1. The number of nitrogens with zero attached hydrogens (tertiary/aromatic N) is 1. The number of aromatic nitrogens is 2. The highest BCUT2D eigenvalue weighted by Gasteiger charge is 2.11. The van der Waals surface area contributed by atoms with Gasteiger partial charge >= 0.3 is 0 Å². The second-order valence-electron chi connectivity index (χ2n) is 3.52. The third kappa shape index (κ3) is 2.62. The fourth-order valence-corrected chi connectivity index (χ4v) is 1.63. The van der Waals surface area contributed by atoms with Crippen LogP contribution < -0.4 is 5.32 Å². The first kappa shape index (κ1) is 11.6. The summed E-state index contributed by atoms with van der Waals surface area (Å²) in [5.74, 6) is -0.866. The molecule has 1 heterocycles. The van der Waals surface area contributed by atoms with Gasteiger partial charge in [0, 0.05) is 16.4 Å². The molecule has 2 N–H and O–H groups in total. The molecule has 88 valence electrons. The first-order valence-corrected chi connectivity index (χ1v) is 5.21. The van der Waals surface area contributed by atoms with Gasteiger partial charge in [-0.15, -0.1) is 0 Å². The van der Waals surface area contributed by atoms with Crippen LogP contribution in [0.2, 0.25) is 5.02 Å². The van der Waals surface area contributed by atoms with E-state index in [-0.39, 0.29) is 10.9 Å². The van der Waals surface area contributed by atoms with E-state index in [1.807, 2.05) is 0 Å². The second kappa shape index (κ2) is 4.55. The zero-order chi connectivity index (χ0) is 12.4. The Bertz CT molecular complexity index is 547. The topological polar surface area (TPSA) is 57.8 Å². The number of aromatic amines is 1. The van der Waals surface area contributed by atoms with E-state index in [1.54, 1.807) is 6.92 Å². The minimum absolute atomic E-state index is 0.226. The summed E-state index contributed by atoms with van der Waals surface area (Å²) in [5.41, 5.74) is 1.36. The number of rotatable bonds is 2. The summed E-state index contributed by atoms with van der Waals surface area (Å²) in [7, 11) is 0. The molecule has 17 heavy (non-hydrogen) atoms. The lowest BCUT2D eigenvalue weighted by atomic mass is 10.2. The SMILES string of the molecule is Cc1[nH]ncc1C(=O)Nc1cc(F)cc(Cl)c1. The predicted molar refractivity (Wildman–Crippen MR) is 62.7 cm³/mol. The van der Waals surface area contributed by atoms with Gasteiger partial charge in [-0.25, -0.2) is 4.39 Å². The predicted octanol–water partition coefficient (Wildman–Crippen LogP) is 2.76. The maximum Gasteiger partial charge on any atom is 0.259 e. The van der Waals surface area contributed by atoms with Crippen LogP contribution in [0.1, 0.15) is 16.1 Å². The lowest BCUT2D eigenvalue weighted by Crippen LogP contribution is -2.12. The van der Waals surface area contributed by atoms with Crippen LogP contribution in [0, 0.1) is 12.7 Å². The number of halogens is 2. The average molecular weight is 254 g/mol. The fraction of sp³-hybridized carbons (Fsp3) is 0.0909. The van der Waals surface area contributed by atoms with Gasteiger partial charge in [0.05, 0.1) is 11.8 Å². The lowest BCUT2D eigenvalue weighted by Gasteiger charge is -2.05. The Kier molecular flexibility index (Phi) is 3.10. The molecule has 0 aliphatic rings. The van der Waals surface area contributed by atoms with E-state index in [0.717, 1.165) is 0 Å². The molecule has 6 heteroatoms. The zero-order valence-corrected chi connectivity index (χ0v) is 9.68. The van der Waals surface area contributed by atoms with E-state index >= 15 is 0 Å². The van der Waals surface area contributed by atoms with Gasteiger partial charge in [0.15, 0.2) is 0 Å². The molecular weight excluding hydrogens is 245 g/mol. The molecule has 0 unspecified atom stereocenters. The Labute approximate surface area is 102 Å². The van der Waals surface area contributed by atoms with Crippen LogP contribution in [0.15, 0.2) is 24.4 Å². The third-order valence-electron chi connectivity index (χ3n) is 2.19. The van der Waals surface area contributed by atoms with Gasteiger partial charge in [-0.05, 0) is 25.1 Å². The molecule has 0 bridgehead atoms. The monoisotopic (exact) mass is 253 g/mol. The number of nitrogens with one attached hydrogen (secondary N) is 2. The Hall–Kier alpha value is -1.88. The van der Waals surface area contributed by atoms with E-state index in [0.29, 0.717) is 16.9 Å². The van der Waals surface area contributed by atoms with Crippen molar-refractivity contribution < 1.29 is 9.18 Å². The van der Waals surface area contributed by atoms with Gasteiger partial charge < -0.3 is 5.32 Å². The number of anilines is 1. The van der Waals surface area contributed by atoms with Crippen molar-refractivity contribution >= 4 is 23.2 Å². The summed E-state index contributed by atoms with van der Waals surface area (Å²) in [6.45, 7) is 1.72. The molecule has 0 saturated heterocycles. The van der Waals surface area contributed by atoms with Crippen LogP contribution in [0.25, 0.3) is 0 Å². The quantitative estimate of drug-likeness (QED) is 0.865. The largest absolute Gasteiger partial charge is 0.322 e. The zero-order valence-electron chi connectivity index (χ0n) is 8.92. The molecule has 0 fully saturated rings. The van der Waals surface area contributed by atoms with Crippen LogP contribution in [-0.4, -0.2) is 16.1 Å². The molecule has 4 nitrogen and oxygen atoms in total. The van der Waals surface area contributed by atoms with E-state index in [2.05, 4.69) is 15.5 Å². The van der Waals surface area contributed by atoms with E-state index in [4.69, 9.17) is 11.6 Å². The number of hydrogen-bond donors (Lipinski definition) is 2. The minimum Gasteiger partial charge on any atom is -0.322 e. The highest BCUT2D eigenvalue weighted by molar-refractivity contribution is 6.31. The van der Waals surface area contributed by atoms with Crippen molar-refractivity contribution in [2.75, 3.05) is 5.32 Å². The van der Waals surface area contributed by atoms with Gasteiger partial charge in [0.1, 0.15) is 5.82 Å². The second-order valence-corrected chi connectivity index (χ2v) is 3.96. The average Bonchev–Trinajstić information content (AvgIpc) is 2.62. The molecule has 2 aromatic rings. The van der Waals surface area contributed by atoms with Crippen molar-refractivity contribution in [1.29, 1.82) is 0 Å².